The molecule has 0 aliphatic carbocycles. The normalized spacial score (nSPS) is 17.8. The van der Waals surface area contributed by atoms with E-state index in [1.807, 2.05) is 12.1 Å². The molecule has 1 aromatic carbocycles. The molecule has 0 N–H and O–H groups in total. The third-order valence-electron chi connectivity index (χ3n) is 2.68. The van der Waals surface area contributed by atoms with Crippen molar-refractivity contribution in [1.82, 2.24) is 0 Å². The summed E-state index contributed by atoms with van der Waals surface area (Å²) in [5, 5.41) is 1.60. The van der Waals surface area contributed by atoms with Crippen LogP contribution in [0.2, 0.25) is 5.02 Å². The zero-order chi connectivity index (χ0) is 11.5. The van der Waals surface area contributed by atoms with Crippen molar-refractivity contribution >= 4 is 44.0 Å². The SMILES string of the molecule is O=S1CCN(c2ccc(CBr)cc2Cl)CC1. The second kappa shape index (κ2) is 5.52. The van der Waals surface area contributed by atoms with Gasteiger partial charge in [-0.05, 0) is 17.7 Å². The molecule has 2 rings (SSSR count). The van der Waals surface area contributed by atoms with Crippen LogP contribution >= 0.6 is 27.5 Å². The lowest BCUT2D eigenvalue weighted by Crippen LogP contribution is -2.37. The maximum atomic E-state index is 11.3. The molecule has 16 heavy (non-hydrogen) atoms. The first-order valence-corrected chi connectivity index (χ1v) is 8.14. The number of hydrogen-bond acceptors (Lipinski definition) is 2. The van der Waals surface area contributed by atoms with E-state index in [1.54, 1.807) is 0 Å². The van der Waals surface area contributed by atoms with Gasteiger partial charge in [0.05, 0.1) is 10.7 Å². The van der Waals surface area contributed by atoms with Crippen molar-refractivity contribution < 1.29 is 4.21 Å². The molecule has 1 heterocycles. The zero-order valence-electron chi connectivity index (χ0n) is 8.79. The Labute approximate surface area is 112 Å². The highest BCUT2D eigenvalue weighted by atomic mass is 79.9. The van der Waals surface area contributed by atoms with E-state index in [1.165, 1.54) is 5.56 Å². The maximum absolute atomic E-state index is 11.3. The number of benzene rings is 1. The minimum Gasteiger partial charge on any atom is -0.368 e. The summed E-state index contributed by atoms with van der Waals surface area (Å²) in [6.45, 7) is 1.67. The van der Waals surface area contributed by atoms with Crippen LogP contribution in [0.1, 0.15) is 5.56 Å². The Balaban J connectivity index is 2.17. The lowest BCUT2D eigenvalue weighted by atomic mass is 10.2. The minimum atomic E-state index is -0.640. The number of nitrogens with zero attached hydrogens (tertiary/aromatic N) is 1. The highest BCUT2D eigenvalue weighted by Crippen LogP contribution is 2.28. The quantitative estimate of drug-likeness (QED) is 0.780. The third kappa shape index (κ3) is 2.79. The molecule has 88 valence electrons. The van der Waals surface area contributed by atoms with Gasteiger partial charge in [-0.3, -0.25) is 4.21 Å². The lowest BCUT2D eigenvalue weighted by Gasteiger charge is -2.29. The second-order valence-electron chi connectivity index (χ2n) is 3.75. The smallest absolute Gasteiger partial charge is 0.0642 e. The first kappa shape index (κ1) is 12.4. The van der Waals surface area contributed by atoms with E-state index in [0.29, 0.717) is 0 Å². The van der Waals surface area contributed by atoms with Crippen molar-refractivity contribution in [3.63, 3.8) is 0 Å². The van der Waals surface area contributed by atoms with Crippen LogP contribution in [-0.4, -0.2) is 28.8 Å². The number of halogens is 2. The number of rotatable bonds is 2. The van der Waals surface area contributed by atoms with Crippen molar-refractivity contribution in [2.24, 2.45) is 0 Å². The van der Waals surface area contributed by atoms with Gasteiger partial charge in [0.25, 0.3) is 0 Å². The van der Waals surface area contributed by atoms with Gasteiger partial charge in [0.2, 0.25) is 0 Å². The van der Waals surface area contributed by atoms with E-state index in [0.717, 1.165) is 40.6 Å². The lowest BCUT2D eigenvalue weighted by molar-refractivity contribution is 0.673. The molecule has 0 radical (unpaired) electrons. The van der Waals surface area contributed by atoms with Crippen molar-refractivity contribution in [2.45, 2.75) is 5.33 Å². The average Bonchev–Trinajstić information content (AvgIpc) is 2.30. The Bertz CT molecular complexity index is 403. The van der Waals surface area contributed by atoms with Crippen molar-refractivity contribution in [3.05, 3.63) is 28.8 Å². The van der Waals surface area contributed by atoms with Gasteiger partial charge in [-0.2, -0.15) is 0 Å². The van der Waals surface area contributed by atoms with Crippen LogP contribution < -0.4 is 4.90 Å². The van der Waals surface area contributed by atoms with Crippen molar-refractivity contribution in [3.8, 4) is 0 Å². The second-order valence-corrected chi connectivity index (χ2v) is 6.42. The highest BCUT2D eigenvalue weighted by molar-refractivity contribution is 9.08. The van der Waals surface area contributed by atoms with Gasteiger partial charge in [-0.15, -0.1) is 0 Å². The Morgan fingerprint density at radius 2 is 2.06 bits per heavy atom. The molecular weight excluding hydrogens is 310 g/mol. The summed E-state index contributed by atoms with van der Waals surface area (Å²) >= 11 is 9.65. The van der Waals surface area contributed by atoms with Gasteiger partial charge in [-0.1, -0.05) is 33.6 Å². The molecule has 0 saturated carbocycles. The number of alkyl halides is 1. The number of anilines is 1. The van der Waals surface area contributed by atoms with Crippen LogP contribution in [0.15, 0.2) is 18.2 Å². The van der Waals surface area contributed by atoms with Crippen LogP contribution in [0.5, 0.6) is 0 Å². The fourth-order valence-electron chi connectivity index (χ4n) is 1.77. The molecule has 1 fully saturated rings. The van der Waals surface area contributed by atoms with E-state index >= 15 is 0 Å². The molecule has 1 aliphatic heterocycles. The topological polar surface area (TPSA) is 20.3 Å². The molecule has 0 amide bonds. The van der Waals surface area contributed by atoms with Crippen LogP contribution in [-0.2, 0) is 16.1 Å². The Hall–Kier alpha value is -0.0600. The summed E-state index contributed by atoms with van der Waals surface area (Å²) < 4.78 is 11.3. The summed E-state index contributed by atoms with van der Waals surface area (Å²) in [5.74, 6) is 1.49. The van der Waals surface area contributed by atoms with E-state index in [4.69, 9.17) is 11.6 Å². The largest absolute Gasteiger partial charge is 0.368 e. The predicted octanol–water partition coefficient (Wildman–Crippen LogP) is 2.80. The van der Waals surface area contributed by atoms with Gasteiger partial charge in [0, 0.05) is 40.7 Å². The van der Waals surface area contributed by atoms with Crippen LogP contribution in [0, 0.1) is 0 Å². The number of hydrogen-bond donors (Lipinski definition) is 0. The monoisotopic (exact) mass is 321 g/mol. The van der Waals surface area contributed by atoms with Gasteiger partial charge in [0.1, 0.15) is 0 Å². The fourth-order valence-corrected chi connectivity index (χ4v) is 3.49. The Morgan fingerprint density at radius 1 is 1.38 bits per heavy atom. The van der Waals surface area contributed by atoms with Crippen LogP contribution in [0.4, 0.5) is 5.69 Å². The summed E-state index contributed by atoms with van der Waals surface area (Å²) in [4.78, 5) is 2.21. The van der Waals surface area contributed by atoms with Crippen molar-refractivity contribution in [2.75, 3.05) is 29.5 Å². The van der Waals surface area contributed by atoms with E-state index < -0.39 is 10.8 Å². The van der Waals surface area contributed by atoms with Gasteiger partial charge in [-0.25, -0.2) is 0 Å². The first-order valence-electron chi connectivity index (χ1n) is 5.15. The summed E-state index contributed by atoms with van der Waals surface area (Å²) in [6.07, 6.45) is 0. The Morgan fingerprint density at radius 3 is 2.62 bits per heavy atom. The Kier molecular flexibility index (Phi) is 4.27. The third-order valence-corrected chi connectivity index (χ3v) is 4.91. The standard InChI is InChI=1S/C11H13BrClNOS/c12-8-9-1-2-11(10(13)7-9)14-3-5-16(15)6-4-14/h1-2,7H,3-6,8H2. The molecule has 0 unspecified atom stereocenters. The summed E-state index contributed by atoms with van der Waals surface area (Å²) in [7, 11) is -0.640. The molecule has 0 spiro atoms. The first-order chi connectivity index (χ1) is 7.70. The average molecular weight is 323 g/mol. The fraction of sp³-hybridized carbons (Fsp3) is 0.455. The molecule has 2 nitrogen and oxygen atoms in total. The summed E-state index contributed by atoms with van der Waals surface area (Å²) in [5.41, 5.74) is 2.23. The van der Waals surface area contributed by atoms with E-state index in [2.05, 4.69) is 26.9 Å². The van der Waals surface area contributed by atoms with Crippen LogP contribution in [0.3, 0.4) is 0 Å². The molecule has 1 aromatic rings. The molecule has 0 aromatic heterocycles. The predicted molar refractivity (Wildman–Crippen MR) is 74.2 cm³/mol. The summed E-state index contributed by atoms with van der Waals surface area (Å²) in [6, 6.07) is 6.10. The van der Waals surface area contributed by atoms with Crippen LogP contribution in [0.25, 0.3) is 0 Å². The van der Waals surface area contributed by atoms with Crippen molar-refractivity contribution in [1.29, 1.82) is 0 Å². The molecular formula is C11H13BrClNOS. The molecule has 5 heteroatoms. The van der Waals surface area contributed by atoms with E-state index in [-0.39, 0.29) is 0 Å². The molecule has 0 atom stereocenters. The van der Waals surface area contributed by atoms with Gasteiger partial charge in [0.15, 0.2) is 0 Å². The molecule has 0 bridgehead atoms. The molecule has 1 saturated heterocycles. The zero-order valence-corrected chi connectivity index (χ0v) is 11.9. The van der Waals surface area contributed by atoms with Gasteiger partial charge >= 0.3 is 0 Å². The van der Waals surface area contributed by atoms with E-state index in [9.17, 15) is 4.21 Å². The minimum absolute atomic E-state index is 0.640. The molecule has 1 aliphatic rings. The highest BCUT2D eigenvalue weighted by Gasteiger charge is 2.17. The van der Waals surface area contributed by atoms with Gasteiger partial charge < -0.3 is 4.90 Å². The maximum Gasteiger partial charge on any atom is 0.0642 e.